The minimum Gasteiger partial charge on any atom is -0.484 e. The number of rotatable bonds is 5. The molecule has 0 bridgehead atoms. The number of hydrogen-bond acceptors (Lipinski definition) is 4. The topological polar surface area (TPSA) is 50.8 Å². The maximum absolute atomic E-state index is 12.2. The van der Waals surface area contributed by atoms with E-state index in [1.165, 1.54) is 0 Å². The molecule has 3 rings (SSSR count). The molecule has 2 aromatic rings. The molecule has 126 valence electrons. The van der Waals surface area contributed by atoms with Crippen molar-refractivity contribution in [1.29, 1.82) is 0 Å². The molecule has 1 saturated heterocycles. The summed E-state index contributed by atoms with van der Waals surface area (Å²) in [6.07, 6.45) is 0. The second kappa shape index (κ2) is 8.17. The zero-order chi connectivity index (χ0) is 16.8. The van der Waals surface area contributed by atoms with Crippen LogP contribution in [-0.2, 0) is 9.53 Å². The van der Waals surface area contributed by atoms with E-state index in [1.807, 2.05) is 48.5 Å². The Morgan fingerprint density at radius 3 is 2.58 bits per heavy atom. The first-order valence-corrected chi connectivity index (χ1v) is 8.61. The van der Waals surface area contributed by atoms with Gasteiger partial charge in [0.05, 0.1) is 24.6 Å². The fraction of sp³-hybridized carbons (Fsp3) is 0.278. The van der Waals surface area contributed by atoms with Gasteiger partial charge < -0.3 is 19.7 Å². The molecule has 1 N–H and O–H groups in total. The number of carbonyl (C=O) groups is 1. The predicted octanol–water partition coefficient (Wildman–Crippen LogP) is 3.30. The van der Waals surface area contributed by atoms with Gasteiger partial charge in [0.25, 0.3) is 5.91 Å². The lowest BCUT2D eigenvalue weighted by atomic mass is 10.2. The monoisotopic (exact) mass is 390 g/mol. The van der Waals surface area contributed by atoms with E-state index in [-0.39, 0.29) is 12.5 Å². The van der Waals surface area contributed by atoms with Crippen molar-refractivity contribution >= 4 is 33.2 Å². The van der Waals surface area contributed by atoms with Crippen molar-refractivity contribution in [2.75, 3.05) is 43.1 Å². The highest BCUT2D eigenvalue weighted by atomic mass is 79.9. The second-order valence-electron chi connectivity index (χ2n) is 5.41. The molecule has 1 amide bonds. The van der Waals surface area contributed by atoms with Crippen molar-refractivity contribution in [2.45, 2.75) is 0 Å². The molecule has 0 aromatic heterocycles. The summed E-state index contributed by atoms with van der Waals surface area (Å²) in [5, 5.41) is 2.93. The SMILES string of the molecule is O=C(COc1ccc(Br)cc1)Nc1ccccc1N1CCOCC1. The number of para-hydroxylation sites is 2. The molecule has 5 nitrogen and oxygen atoms in total. The molecule has 6 heteroatoms. The van der Waals surface area contributed by atoms with Crippen molar-refractivity contribution in [3.05, 3.63) is 53.0 Å². The minimum absolute atomic E-state index is 0.0287. The number of nitrogens with zero attached hydrogens (tertiary/aromatic N) is 1. The van der Waals surface area contributed by atoms with Crippen LogP contribution in [0.25, 0.3) is 0 Å². The van der Waals surface area contributed by atoms with Gasteiger partial charge in [0.2, 0.25) is 0 Å². The molecule has 0 spiro atoms. The van der Waals surface area contributed by atoms with E-state index in [0.717, 1.165) is 28.9 Å². The maximum Gasteiger partial charge on any atom is 0.262 e. The predicted molar refractivity (Wildman–Crippen MR) is 97.7 cm³/mol. The second-order valence-corrected chi connectivity index (χ2v) is 6.32. The van der Waals surface area contributed by atoms with Gasteiger partial charge in [-0.1, -0.05) is 28.1 Å². The molecule has 1 heterocycles. The molecule has 0 aliphatic carbocycles. The van der Waals surface area contributed by atoms with Crippen molar-refractivity contribution in [3.8, 4) is 5.75 Å². The average Bonchev–Trinajstić information content (AvgIpc) is 2.62. The lowest BCUT2D eigenvalue weighted by molar-refractivity contribution is -0.118. The third kappa shape index (κ3) is 4.49. The summed E-state index contributed by atoms with van der Waals surface area (Å²) < 4.78 is 11.9. The van der Waals surface area contributed by atoms with Crippen LogP contribution in [0.1, 0.15) is 0 Å². The number of morpholine rings is 1. The molecule has 24 heavy (non-hydrogen) atoms. The maximum atomic E-state index is 12.2. The van der Waals surface area contributed by atoms with Crippen molar-refractivity contribution in [1.82, 2.24) is 0 Å². The van der Waals surface area contributed by atoms with Gasteiger partial charge in [0.15, 0.2) is 6.61 Å². The Morgan fingerprint density at radius 1 is 1.12 bits per heavy atom. The molecule has 1 fully saturated rings. The van der Waals surface area contributed by atoms with Crippen LogP contribution in [0, 0.1) is 0 Å². The zero-order valence-electron chi connectivity index (χ0n) is 13.2. The number of benzene rings is 2. The molecule has 1 aliphatic rings. The van der Waals surface area contributed by atoms with Crippen molar-refractivity contribution in [2.24, 2.45) is 0 Å². The Morgan fingerprint density at radius 2 is 1.83 bits per heavy atom. The van der Waals surface area contributed by atoms with Crippen LogP contribution in [0.3, 0.4) is 0 Å². The van der Waals surface area contributed by atoms with Crippen LogP contribution in [0.4, 0.5) is 11.4 Å². The third-order valence-electron chi connectivity index (χ3n) is 3.71. The molecule has 0 saturated carbocycles. The normalized spacial score (nSPS) is 14.3. The van der Waals surface area contributed by atoms with Crippen molar-refractivity contribution in [3.63, 3.8) is 0 Å². The van der Waals surface area contributed by atoms with Crippen LogP contribution >= 0.6 is 15.9 Å². The Bertz CT molecular complexity index is 685. The van der Waals surface area contributed by atoms with E-state index < -0.39 is 0 Å². The first kappa shape index (κ1) is 16.8. The summed E-state index contributed by atoms with van der Waals surface area (Å²) >= 11 is 3.37. The van der Waals surface area contributed by atoms with Gasteiger partial charge in [-0.2, -0.15) is 0 Å². The molecule has 0 unspecified atom stereocenters. The van der Waals surface area contributed by atoms with Gasteiger partial charge in [-0.3, -0.25) is 4.79 Å². The van der Waals surface area contributed by atoms with E-state index in [2.05, 4.69) is 26.1 Å². The minimum atomic E-state index is -0.182. The summed E-state index contributed by atoms with van der Waals surface area (Å²) in [6.45, 7) is 3.02. The number of hydrogen-bond donors (Lipinski definition) is 1. The first-order chi connectivity index (χ1) is 11.7. The summed E-state index contributed by atoms with van der Waals surface area (Å²) in [6, 6.07) is 15.2. The van der Waals surface area contributed by atoms with E-state index >= 15 is 0 Å². The van der Waals surface area contributed by atoms with Gasteiger partial charge in [-0.05, 0) is 36.4 Å². The van der Waals surface area contributed by atoms with Gasteiger partial charge in [0, 0.05) is 17.6 Å². The molecule has 0 radical (unpaired) electrons. The number of halogens is 1. The quantitative estimate of drug-likeness (QED) is 0.850. The lowest BCUT2D eigenvalue weighted by Gasteiger charge is -2.30. The third-order valence-corrected chi connectivity index (χ3v) is 4.24. The van der Waals surface area contributed by atoms with Gasteiger partial charge >= 0.3 is 0 Å². The molecule has 1 aliphatic heterocycles. The van der Waals surface area contributed by atoms with E-state index in [4.69, 9.17) is 9.47 Å². The fourth-order valence-corrected chi connectivity index (χ4v) is 2.79. The number of amides is 1. The smallest absolute Gasteiger partial charge is 0.262 e. The zero-order valence-corrected chi connectivity index (χ0v) is 14.8. The van der Waals surface area contributed by atoms with Gasteiger partial charge in [0.1, 0.15) is 5.75 Å². The Kier molecular flexibility index (Phi) is 5.72. The number of nitrogens with one attached hydrogen (secondary N) is 1. The standard InChI is InChI=1S/C18H19BrN2O3/c19-14-5-7-15(8-6-14)24-13-18(22)20-16-3-1-2-4-17(16)21-9-11-23-12-10-21/h1-8H,9-13H2,(H,20,22). The highest BCUT2D eigenvalue weighted by Crippen LogP contribution is 2.26. The number of anilines is 2. The fourth-order valence-electron chi connectivity index (χ4n) is 2.53. The number of carbonyl (C=O) groups excluding carboxylic acids is 1. The lowest BCUT2D eigenvalue weighted by Crippen LogP contribution is -2.36. The Balaban J connectivity index is 1.60. The molecular weight excluding hydrogens is 372 g/mol. The average molecular weight is 391 g/mol. The Hall–Kier alpha value is -2.05. The number of ether oxygens (including phenoxy) is 2. The van der Waals surface area contributed by atoms with Gasteiger partial charge in [-0.15, -0.1) is 0 Å². The molecule has 2 aromatic carbocycles. The largest absolute Gasteiger partial charge is 0.484 e. The summed E-state index contributed by atoms with van der Waals surface area (Å²) in [7, 11) is 0. The molecule has 0 atom stereocenters. The van der Waals surface area contributed by atoms with Gasteiger partial charge in [-0.25, -0.2) is 0 Å². The van der Waals surface area contributed by atoms with E-state index in [0.29, 0.717) is 19.0 Å². The van der Waals surface area contributed by atoms with Crippen LogP contribution in [-0.4, -0.2) is 38.8 Å². The first-order valence-electron chi connectivity index (χ1n) is 7.82. The summed E-state index contributed by atoms with van der Waals surface area (Å²) in [5.74, 6) is 0.480. The van der Waals surface area contributed by atoms with Crippen LogP contribution < -0.4 is 15.0 Å². The molecular formula is C18H19BrN2O3. The van der Waals surface area contributed by atoms with Crippen LogP contribution in [0.2, 0.25) is 0 Å². The Labute approximate surface area is 149 Å². The highest BCUT2D eigenvalue weighted by Gasteiger charge is 2.15. The summed E-state index contributed by atoms with van der Waals surface area (Å²) in [4.78, 5) is 14.4. The van der Waals surface area contributed by atoms with E-state index in [9.17, 15) is 4.79 Å². The van der Waals surface area contributed by atoms with Crippen molar-refractivity contribution < 1.29 is 14.3 Å². The highest BCUT2D eigenvalue weighted by molar-refractivity contribution is 9.10. The van der Waals surface area contributed by atoms with Crippen LogP contribution in [0.5, 0.6) is 5.75 Å². The van der Waals surface area contributed by atoms with Crippen LogP contribution in [0.15, 0.2) is 53.0 Å². The summed E-state index contributed by atoms with van der Waals surface area (Å²) in [5.41, 5.74) is 1.81. The van der Waals surface area contributed by atoms with E-state index in [1.54, 1.807) is 0 Å².